The van der Waals surface area contributed by atoms with Crippen LogP contribution in [-0.2, 0) is 4.79 Å². The second-order valence-electron chi connectivity index (χ2n) is 5.69. The van der Waals surface area contributed by atoms with Gasteiger partial charge in [0.05, 0.1) is 5.75 Å². The van der Waals surface area contributed by atoms with E-state index in [0.717, 1.165) is 6.42 Å². The molecule has 1 aromatic rings. The summed E-state index contributed by atoms with van der Waals surface area (Å²) >= 11 is 1.59. The third-order valence-electron chi connectivity index (χ3n) is 3.11. The van der Waals surface area contributed by atoms with Crippen molar-refractivity contribution in [3.05, 3.63) is 29.3 Å². The molecule has 1 aromatic carbocycles. The second kappa shape index (κ2) is 10.1. The Hall–Kier alpha value is -0.710. The van der Waals surface area contributed by atoms with Crippen LogP contribution in [0.5, 0.6) is 0 Å². The molecule has 3 N–H and O–H groups in total. The molecule has 0 aromatic heterocycles. The lowest BCUT2D eigenvalue weighted by atomic mass is 10.0. The van der Waals surface area contributed by atoms with Gasteiger partial charge in [-0.15, -0.1) is 24.2 Å². The smallest absolute Gasteiger partial charge is 0.230 e. The van der Waals surface area contributed by atoms with Gasteiger partial charge in [0.2, 0.25) is 5.91 Å². The lowest BCUT2D eigenvalue weighted by Gasteiger charge is -2.18. The van der Waals surface area contributed by atoms with Crippen molar-refractivity contribution >= 4 is 30.1 Å². The Balaban J connectivity index is 0.00000400. The summed E-state index contributed by atoms with van der Waals surface area (Å²) in [4.78, 5) is 13.2. The summed E-state index contributed by atoms with van der Waals surface area (Å²) in [5.41, 5.74) is 8.13. The summed E-state index contributed by atoms with van der Waals surface area (Å²) in [7, 11) is 0. The number of amides is 1. The highest BCUT2D eigenvalue weighted by Gasteiger charge is 2.13. The molecular formula is C16H27ClN2OS. The molecule has 0 radical (unpaired) electrons. The Labute approximate surface area is 138 Å². The van der Waals surface area contributed by atoms with Gasteiger partial charge in [-0.05, 0) is 37.8 Å². The average Bonchev–Trinajstić information content (AvgIpc) is 2.38. The molecule has 0 bridgehead atoms. The van der Waals surface area contributed by atoms with E-state index in [1.165, 1.54) is 16.0 Å². The van der Waals surface area contributed by atoms with Crippen molar-refractivity contribution in [3.8, 4) is 0 Å². The molecule has 0 aliphatic heterocycles. The van der Waals surface area contributed by atoms with Crippen LogP contribution in [-0.4, -0.2) is 24.2 Å². The lowest BCUT2D eigenvalue weighted by molar-refractivity contribution is -0.119. The molecule has 0 saturated heterocycles. The number of thioether (sulfide) groups is 1. The van der Waals surface area contributed by atoms with Crippen LogP contribution in [0.3, 0.4) is 0 Å². The van der Waals surface area contributed by atoms with E-state index in [9.17, 15) is 4.79 Å². The monoisotopic (exact) mass is 330 g/mol. The first-order valence-corrected chi connectivity index (χ1v) is 8.10. The fourth-order valence-corrected chi connectivity index (χ4v) is 2.99. The molecule has 1 unspecified atom stereocenters. The molecule has 1 atom stereocenters. The summed E-state index contributed by atoms with van der Waals surface area (Å²) in [6, 6.07) is 6.40. The molecule has 0 spiro atoms. The zero-order valence-electron chi connectivity index (χ0n) is 13.3. The van der Waals surface area contributed by atoms with E-state index in [2.05, 4.69) is 51.2 Å². The Bertz CT molecular complexity index is 452. The van der Waals surface area contributed by atoms with E-state index in [-0.39, 0.29) is 24.4 Å². The molecule has 0 saturated carbocycles. The number of aryl methyl sites for hydroxylation is 2. The van der Waals surface area contributed by atoms with Crippen molar-refractivity contribution in [2.45, 2.75) is 45.1 Å². The molecule has 5 heteroatoms. The molecule has 21 heavy (non-hydrogen) atoms. The number of carbonyl (C=O) groups excluding carboxylic acids is 1. The molecule has 0 fully saturated rings. The molecule has 0 heterocycles. The predicted octanol–water partition coefficient (Wildman–Crippen LogP) is 3.31. The lowest BCUT2D eigenvalue weighted by Crippen LogP contribution is -2.41. The molecule has 120 valence electrons. The second-order valence-corrected chi connectivity index (χ2v) is 6.70. The summed E-state index contributed by atoms with van der Waals surface area (Å²) in [6.07, 6.45) is 0.927. The van der Waals surface area contributed by atoms with E-state index in [1.807, 2.05) is 0 Å². The minimum atomic E-state index is 0. The van der Waals surface area contributed by atoms with Gasteiger partial charge in [-0.2, -0.15) is 0 Å². The number of hydrogen-bond donors (Lipinski definition) is 2. The molecule has 1 rings (SSSR count). The van der Waals surface area contributed by atoms with Crippen molar-refractivity contribution in [1.29, 1.82) is 0 Å². The van der Waals surface area contributed by atoms with E-state index in [4.69, 9.17) is 5.73 Å². The van der Waals surface area contributed by atoms with Gasteiger partial charge in [0.1, 0.15) is 0 Å². The van der Waals surface area contributed by atoms with Crippen LogP contribution in [0.4, 0.5) is 0 Å². The Morgan fingerprint density at radius 1 is 1.33 bits per heavy atom. The largest absolute Gasteiger partial charge is 0.351 e. The van der Waals surface area contributed by atoms with Crippen molar-refractivity contribution in [3.63, 3.8) is 0 Å². The maximum Gasteiger partial charge on any atom is 0.230 e. The van der Waals surface area contributed by atoms with Crippen LogP contribution in [0.15, 0.2) is 23.1 Å². The predicted molar refractivity (Wildman–Crippen MR) is 94.3 cm³/mol. The summed E-state index contributed by atoms with van der Waals surface area (Å²) in [5.74, 6) is 1.04. The number of rotatable bonds is 7. The van der Waals surface area contributed by atoms with E-state index < -0.39 is 0 Å². The maximum atomic E-state index is 12.0. The number of nitrogens with two attached hydrogens (primary N) is 1. The van der Waals surface area contributed by atoms with Crippen molar-refractivity contribution in [2.75, 3.05) is 12.3 Å². The zero-order chi connectivity index (χ0) is 15.1. The van der Waals surface area contributed by atoms with Crippen molar-refractivity contribution < 1.29 is 4.79 Å². The highest BCUT2D eigenvalue weighted by molar-refractivity contribution is 8.00. The van der Waals surface area contributed by atoms with Crippen LogP contribution in [0.1, 0.15) is 31.4 Å². The molecule has 3 nitrogen and oxygen atoms in total. The highest BCUT2D eigenvalue weighted by Crippen LogP contribution is 2.23. The van der Waals surface area contributed by atoms with E-state index >= 15 is 0 Å². The zero-order valence-corrected chi connectivity index (χ0v) is 14.9. The van der Waals surface area contributed by atoms with Crippen LogP contribution in [0.2, 0.25) is 0 Å². The fourth-order valence-electron chi connectivity index (χ4n) is 2.06. The van der Waals surface area contributed by atoms with Gasteiger partial charge in [0.25, 0.3) is 0 Å². The van der Waals surface area contributed by atoms with E-state index in [0.29, 0.717) is 18.2 Å². The van der Waals surface area contributed by atoms with Crippen LogP contribution in [0, 0.1) is 19.8 Å². The average molecular weight is 331 g/mol. The third-order valence-corrected chi connectivity index (χ3v) is 4.27. The van der Waals surface area contributed by atoms with Gasteiger partial charge in [0, 0.05) is 17.5 Å². The topological polar surface area (TPSA) is 55.1 Å². The van der Waals surface area contributed by atoms with Crippen LogP contribution in [0.25, 0.3) is 0 Å². The first-order valence-electron chi connectivity index (χ1n) is 7.11. The van der Waals surface area contributed by atoms with E-state index in [1.54, 1.807) is 11.8 Å². The first-order chi connectivity index (χ1) is 9.42. The van der Waals surface area contributed by atoms with Crippen molar-refractivity contribution in [1.82, 2.24) is 5.32 Å². The number of halogens is 1. The summed E-state index contributed by atoms with van der Waals surface area (Å²) in [6.45, 7) is 8.91. The highest BCUT2D eigenvalue weighted by atomic mass is 35.5. The molecule has 0 aliphatic carbocycles. The van der Waals surface area contributed by atoms with Gasteiger partial charge in [-0.1, -0.05) is 31.5 Å². The van der Waals surface area contributed by atoms with Crippen molar-refractivity contribution in [2.24, 2.45) is 11.7 Å². The van der Waals surface area contributed by atoms with Gasteiger partial charge in [0.15, 0.2) is 0 Å². The van der Waals surface area contributed by atoms with Crippen LogP contribution >= 0.6 is 24.2 Å². The Morgan fingerprint density at radius 3 is 2.57 bits per heavy atom. The quantitative estimate of drug-likeness (QED) is 0.754. The number of carbonyl (C=O) groups is 1. The minimum absolute atomic E-state index is 0. The molecular weight excluding hydrogens is 304 g/mol. The standard InChI is InChI=1S/C16H26N2OS.ClH/c1-11(2)7-14(9-17)18-16(19)10-20-15-8-12(3)5-6-13(15)4;/h5-6,8,11,14H,7,9-10,17H2,1-4H3,(H,18,19);1H. The first kappa shape index (κ1) is 20.3. The minimum Gasteiger partial charge on any atom is -0.351 e. The molecule has 1 amide bonds. The number of benzene rings is 1. The third kappa shape index (κ3) is 7.74. The van der Waals surface area contributed by atoms with Gasteiger partial charge in [-0.25, -0.2) is 0 Å². The van der Waals surface area contributed by atoms with Gasteiger partial charge in [-0.3, -0.25) is 4.79 Å². The summed E-state index contributed by atoms with van der Waals surface area (Å²) < 4.78 is 0. The van der Waals surface area contributed by atoms with Crippen LogP contribution < -0.4 is 11.1 Å². The number of hydrogen-bond acceptors (Lipinski definition) is 3. The Kier molecular flexibility index (Phi) is 9.75. The van der Waals surface area contributed by atoms with Gasteiger partial charge < -0.3 is 11.1 Å². The fraction of sp³-hybridized carbons (Fsp3) is 0.562. The summed E-state index contributed by atoms with van der Waals surface area (Å²) in [5, 5.41) is 3.02. The molecule has 0 aliphatic rings. The number of nitrogens with one attached hydrogen (secondary N) is 1. The SMILES string of the molecule is Cc1ccc(C)c(SCC(=O)NC(CN)CC(C)C)c1.Cl. The van der Waals surface area contributed by atoms with Gasteiger partial charge >= 0.3 is 0 Å². The normalized spacial score (nSPS) is 11.9. The Morgan fingerprint density at radius 2 is 2.00 bits per heavy atom. The maximum absolute atomic E-state index is 12.0.